The lowest BCUT2D eigenvalue weighted by Gasteiger charge is -2.22. The van der Waals surface area contributed by atoms with Crippen molar-refractivity contribution >= 4 is 28.9 Å². The molecular weight excluding hydrogens is 310 g/mol. The first-order valence-corrected chi connectivity index (χ1v) is 8.38. The number of amides is 1. The maximum absolute atomic E-state index is 12.2. The predicted octanol–water partition coefficient (Wildman–Crippen LogP) is 4.54. The molecule has 3 rings (SSSR count). The largest absolute Gasteiger partial charge is 0.353 e. The Morgan fingerprint density at radius 3 is 2.57 bits per heavy atom. The molecule has 1 amide bonds. The number of rotatable bonds is 4. The summed E-state index contributed by atoms with van der Waals surface area (Å²) in [5.74, 6) is -0.0961. The molecule has 23 heavy (non-hydrogen) atoms. The molecule has 1 aliphatic carbocycles. The van der Waals surface area contributed by atoms with Gasteiger partial charge in [-0.1, -0.05) is 43.0 Å². The molecule has 5 heteroatoms. The Morgan fingerprint density at radius 1 is 1.09 bits per heavy atom. The third-order valence-corrected chi connectivity index (χ3v) is 4.42. The number of hydrogen-bond donors (Lipinski definition) is 2. The molecule has 0 radical (unpaired) electrons. The summed E-state index contributed by atoms with van der Waals surface area (Å²) >= 11 is 6.12. The van der Waals surface area contributed by atoms with Crippen LogP contribution in [-0.4, -0.2) is 16.9 Å². The number of nitrogens with zero attached hydrogens (tertiary/aromatic N) is 1. The third-order valence-electron chi connectivity index (χ3n) is 4.09. The van der Waals surface area contributed by atoms with Gasteiger partial charge in [-0.15, -0.1) is 0 Å². The van der Waals surface area contributed by atoms with Gasteiger partial charge in [-0.2, -0.15) is 0 Å². The number of carbonyl (C=O) groups excluding carboxylic acids is 1. The second-order valence-electron chi connectivity index (χ2n) is 5.85. The molecule has 0 saturated heterocycles. The molecule has 2 aromatic rings. The average molecular weight is 330 g/mol. The van der Waals surface area contributed by atoms with Crippen LogP contribution in [0.1, 0.15) is 42.6 Å². The van der Waals surface area contributed by atoms with E-state index in [2.05, 4.69) is 15.6 Å². The average Bonchev–Trinajstić information content (AvgIpc) is 2.58. The smallest absolute Gasteiger partial charge is 0.270 e. The monoisotopic (exact) mass is 329 g/mol. The van der Waals surface area contributed by atoms with Crippen LogP contribution in [0.5, 0.6) is 0 Å². The zero-order chi connectivity index (χ0) is 16.1. The molecule has 0 spiro atoms. The molecule has 2 N–H and O–H groups in total. The second-order valence-corrected chi connectivity index (χ2v) is 6.25. The minimum Gasteiger partial charge on any atom is -0.353 e. The van der Waals surface area contributed by atoms with Crippen molar-refractivity contribution in [1.82, 2.24) is 10.3 Å². The Balaban J connectivity index is 1.62. The first kappa shape index (κ1) is 15.8. The topological polar surface area (TPSA) is 54.0 Å². The standard InChI is InChI=1S/C18H20ClN3O/c19-15-8-4-5-9-16(15)21-14-10-11-17(20-12-14)18(23)22-13-6-2-1-3-7-13/h4-5,8-13,21H,1-3,6-7H2,(H,22,23). The summed E-state index contributed by atoms with van der Waals surface area (Å²) in [6.07, 6.45) is 7.44. The Bertz CT molecular complexity index is 666. The van der Waals surface area contributed by atoms with E-state index in [-0.39, 0.29) is 5.91 Å². The fourth-order valence-electron chi connectivity index (χ4n) is 2.83. The van der Waals surface area contributed by atoms with E-state index in [1.165, 1.54) is 19.3 Å². The van der Waals surface area contributed by atoms with Crippen LogP contribution in [-0.2, 0) is 0 Å². The fraction of sp³-hybridized carbons (Fsp3) is 0.333. The van der Waals surface area contributed by atoms with Crippen LogP contribution < -0.4 is 10.6 Å². The van der Waals surface area contributed by atoms with Gasteiger partial charge in [0.25, 0.3) is 5.91 Å². The number of nitrogens with one attached hydrogen (secondary N) is 2. The van der Waals surface area contributed by atoms with Crippen molar-refractivity contribution in [2.45, 2.75) is 38.1 Å². The number of para-hydroxylation sites is 1. The van der Waals surface area contributed by atoms with E-state index >= 15 is 0 Å². The molecule has 0 bridgehead atoms. The number of hydrogen-bond acceptors (Lipinski definition) is 3. The Hall–Kier alpha value is -2.07. The highest BCUT2D eigenvalue weighted by molar-refractivity contribution is 6.33. The Kier molecular flexibility index (Phi) is 5.13. The lowest BCUT2D eigenvalue weighted by atomic mass is 9.95. The highest BCUT2D eigenvalue weighted by Crippen LogP contribution is 2.24. The van der Waals surface area contributed by atoms with Crippen molar-refractivity contribution in [1.29, 1.82) is 0 Å². The van der Waals surface area contributed by atoms with Crippen molar-refractivity contribution in [3.8, 4) is 0 Å². The predicted molar refractivity (Wildman–Crippen MR) is 93.3 cm³/mol. The summed E-state index contributed by atoms with van der Waals surface area (Å²) in [5, 5.41) is 6.91. The second kappa shape index (κ2) is 7.47. The first-order chi connectivity index (χ1) is 11.2. The molecule has 1 fully saturated rings. The summed E-state index contributed by atoms with van der Waals surface area (Å²) in [6, 6.07) is 11.4. The van der Waals surface area contributed by atoms with Gasteiger partial charge in [-0.25, -0.2) is 4.98 Å². The molecule has 1 heterocycles. The highest BCUT2D eigenvalue weighted by atomic mass is 35.5. The third kappa shape index (κ3) is 4.23. The number of benzene rings is 1. The molecule has 1 aromatic carbocycles. The normalized spacial score (nSPS) is 15.2. The molecular formula is C18H20ClN3O. The van der Waals surface area contributed by atoms with E-state index in [0.717, 1.165) is 24.2 Å². The summed E-state index contributed by atoms with van der Waals surface area (Å²) < 4.78 is 0. The van der Waals surface area contributed by atoms with Crippen LogP contribution in [0.3, 0.4) is 0 Å². The molecule has 4 nitrogen and oxygen atoms in total. The van der Waals surface area contributed by atoms with Crippen molar-refractivity contribution in [2.24, 2.45) is 0 Å². The van der Waals surface area contributed by atoms with Crippen molar-refractivity contribution in [2.75, 3.05) is 5.32 Å². The molecule has 0 unspecified atom stereocenters. The van der Waals surface area contributed by atoms with E-state index in [4.69, 9.17) is 11.6 Å². The lowest BCUT2D eigenvalue weighted by molar-refractivity contribution is 0.0922. The van der Waals surface area contributed by atoms with E-state index < -0.39 is 0 Å². The number of pyridine rings is 1. The van der Waals surface area contributed by atoms with Crippen molar-refractivity contribution in [3.63, 3.8) is 0 Å². The number of carbonyl (C=O) groups is 1. The van der Waals surface area contributed by atoms with E-state index in [9.17, 15) is 4.79 Å². The minimum absolute atomic E-state index is 0.0961. The number of anilines is 2. The SMILES string of the molecule is O=C(NC1CCCCC1)c1ccc(Nc2ccccc2Cl)cn1. The van der Waals surface area contributed by atoms with Gasteiger partial charge in [0.05, 0.1) is 22.6 Å². The van der Waals surface area contributed by atoms with Gasteiger partial charge >= 0.3 is 0 Å². The van der Waals surface area contributed by atoms with E-state index in [1.807, 2.05) is 30.3 Å². The van der Waals surface area contributed by atoms with Gasteiger partial charge in [0.15, 0.2) is 0 Å². The van der Waals surface area contributed by atoms with E-state index in [0.29, 0.717) is 16.8 Å². The van der Waals surface area contributed by atoms with Gasteiger partial charge in [-0.05, 0) is 37.1 Å². The summed E-state index contributed by atoms with van der Waals surface area (Å²) in [7, 11) is 0. The van der Waals surface area contributed by atoms with Crippen LogP contribution in [0.4, 0.5) is 11.4 Å². The van der Waals surface area contributed by atoms with Crippen molar-refractivity contribution in [3.05, 3.63) is 53.3 Å². The minimum atomic E-state index is -0.0961. The van der Waals surface area contributed by atoms with Gasteiger partial charge in [0.2, 0.25) is 0 Å². The molecule has 1 aliphatic rings. The molecule has 120 valence electrons. The lowest BCUT2D eigenvalue weighted by Crippen LogP contribution is -2.36. The number of halogens is 1. The molecule has 0 atom stereocenters. The van der Waals surface area contributed by atoms with Crippen LogP contribution in [0.15, 0.2) is 42.6 Å². The Morgan fingerprint density at radius 2 is 1.87 bits per heavy atom. The molecule has 1 saturated carbocycles. The highest BCUT2D eigenvalue weighted by Gasteiger charge is 2.17. The maximum Gasteiger partial charge on any atom is 0.270 e. The van der Waals surface area contributed by atoms with Gasteiger partial charge in [0, 0.05) is 6.04 Å². The zero-order valence-corrected chi connectivity index (χ0v) is 13.6. The summed E-state index contributed by atoms with van der Waals surface area (Å²) in [4.78, 5) is 16.5. The first-order valence-electron chi connectivity index (χ1n) is 8.01. The number of aromatic nitrogens is 1. The van der Waals surface area contributed by atoms with Crippen LogP contribution in [0.25, 0.3) is 0 Å². The van der Waals surface area contributed by atoms with Crippen LogP contribution in [0, 0.1) is 0 Å². The van der Waals surface area contributed by atoms with E-state index in [1.54, 1.807) is 12.3 Å². The van der Waals surface area contributed by atoms with Gasteiger partial charge < -0.3 is 10.6 Å². The maximum atomic E-state index is 12.2. The van der Waals surface area contributed by atoms with Crippen molar-refractivity contribution < 1.29 is 4.79 Å². The van der Waals surface area contributed by atoms with Crippen LogP contribution >= 0.6 is 11.6 Å². The molecule has 0 aliphatic heterocycles. The fourth-order valence-corrected chi connectivity index (χ4v) is 3.01. The zero-order valence-electron chi connectivity index (χ0n) is 12.9. The Labute approximate surface area is 141 Å². The van der Waals surface area contributed by atoms with Crippen LogP contribution in [0.2, 0.25) is 5.02 Å². The molecule has 1 aromatic heterocycles. The summed E-state index contributed by atoms with van der Waals surface area (Å²) in [5.41, 5.74) is 2.06. The van der Waals surface area contributed by atoms with Gasteiger partial charge in [0.1, 0.15) is 5.69 Å². The summed E-state index contributed by atoms with van der Waals surface area (Å²) in [6.45, 7) is 0. The van der Waals surface area contributed by atoms with Gasteiger partial charge in [-0.3, -0.25) is 4.79 Å². The quantitative estimate of drug-likeness (QED) is 0.865.